The molecule has 0 radical (unpaired) electrons. The zero-order valence-electron chi connectivity index (χ0n) is 11.8. The van der Waals surface area contributed by atoms with Crippen molar-refractivity contribution in [3.63, 3.8) is 0 Å². The lowest BCUT2D eigenvalue weighted by Gasteiger charge is -2.12. The van der Waals surface area contributed by atoms with Gasteiger partial charge in [-0.25, -0.2) is 0 Å². The van der Waals surface area contributed by atoms with Crippen molar-refractivity contribution >= 4 is 0 Å². The zero-order valence-corrected chi connectivity index (χ0v) is 11.8. The normalized spacial score (nSPS) is 11.6. The summed E-state index contributed by atoms with van der Waals surface area (Å²) in [6.07, 6.45) is 4.54. The van der Waals surface area contributed by atoms with Crippen molar-refractivity contribution in [2.24, 2.45) is 0 Å². The van der Waals surface area contributed by atoms with E-state index in [0.29, 0.717) is 13.1 Å². The van der Waals surface area contributed by atoms with E-state index in [1.165, 1.54) is 5.56 Å². The molecular formula is C18H19NO2. The Balaban J connectivity index is 1.84. The third-order valence-electron chi connectivity index (χ3n) is 3.01. The van der Waals surface area contributed by atoms with Crippen LogP contribution in [0.3, 0.4) is 0 Å². The second kappa shape index (κ2) is 8.11. The molecule has 0 saturated carbocycles. The topological polar surface area (TPSA) is 41.5 Å². The van der Waals surface area contributed by atoms with Gasteiger partial charge in [-0.05, 0) is 23.3 Å². The Labute approximate surface area is 125 Å². The van der Waals surface area contributed by atoms with Gasteiger partial charge in [0.25, 0.3) is 0 Å². The molecule has 0 aliphatic carbocycles. The van der Waals surface area contributed by atoms with E-state index in [1.807, 2.05) is 42.5 Å². The van der Waals surface area contributed by atoms with Gasteiger partial charge in [0, 0.05) is 6.54 Å². The predicted molar refractivity (Wildman–Crippen MR) is 85.1 cm³/mol. The molecule has 21 heavy (non-hydrogen) atoms. The molecule has 0 spiro atoms. The van der Waals surface area contributed by atoms with E-state index in [0.717, 1.165) is 11.3 Å². The summed E-state index contributed by atoms with van der Waals surface area (Å²) in [4.78, 5) is 0. The van der Waals surface area contributed by atoms with Crippen LogP contribution < -0.4 is 10.1 Å². The quantitative estimate of drug-likeness (QED) is 0.604. The minimum absolute atomic E-state index is 0.238. The van der Waals surface area contributed by atoms with Gasteiger partial charge in [0.05, 0.1) is 6.54 Å². The lowest BCUT2D eigenvalue weighted by atomic mass is 10.1. The van der Waals surface area contributed by atoms with Crippen molar-refractivity contribution < 1.29 is 9.84 Å². The summed E-state index contributed by atoms with van der Waals surface area (Å²) in [5, 5.41) is 12.6. The lowest BCUT2D eigenvalue weighted by molar-refractivity contribution is 0.107. The number of rotatable bonds is 7. The number of nitrogens with one attached hydrogen (secondary N) is 1. The number of hydrogen-bond donors (Lipinski definition) is 2. The molecule has 2 aromatic carbocycles. The van der Waals surface area contributed by atoms with Crippen molar-refractivity contribution in [1.29, 1.82) is 0 Å². The molecule has 0 saturated heterocycles. The Morgan fingerprint density at radius 3 is 2.38 bits per heavy atom. The van der Waals surface area contributed by atoms with Crippen LogP contribution in [0.5, 0.6) is 5.75 Å². The third kappa shape index (κ3) is 4.96. The van der Waals surface area contributed by atoms with E-state index in [1.54, 1.807) is 0 Å². The molecule has 0 unspecified atom stereocenters. The van der Waals surface area contributed by atoms with Crippen LogP contribution in [-0.4, -0.2) is 30.9 Å². The zero-order chi connectivity index (χ0) is 14.9. The lowest BCUT2D eigenvalue weighted by Crippen LogP contribution is -2.31. The maximum atomic E-state index is 9.71. The summed E-state index contributed by atoms with van der Waals surface area (Å²) in [5.74, 6) is 3.20. The van der Waals surface area contributed by atoms with E-state index < -0.39 is 6.10 Å². The van der Waals surface area contributed by atoms with Crippen molar-refractivity contribution in [3.05, 3.63) is 54.6 Å². The SMILES string of the molecule is C#CCNC[C@@H](O)COc1ccc(-c2ccccc2)cc1. The van der Waals surface area contributed by atoms with Crippen LogP contribution >= 0.6 is 0 Å². The van der Waals surface area contributed by atoms with Crippen LogP contribution in [0.2, 0.25) is 0 Å². The van der Waals surface area contributed by atoms with Gasteiger partial charge in [-0.2, -0.15) is 0 Å². The molecule has 3 heteroatoms. The largest absolute Gasteiger partial charge is 0.491 e. The molecular weight excluding hydrogens is 262 g/mol. The van der Waals surface area contributed by atoms with Crippen molar-refractivity contribution in [3.8, 4) is 29.2 Å². The van der Waals surface area contributed by atoms with E-state index in [9.17, 15) is 5.11 Å². The van der Waals surface area contributed by atoms with Crippen LogP contribution in [0.1, 0.15) is 0 Å². The summed E-state index contributed by atoms with van der Waals surface area (Å²) in [6.45, 7) is 1.11. The molecule has 0 bridgehead atoms. The van der Waals surface area contributed by atoms with Crippen molar-refractivity contribution in [2.45, 2.75) is 6.10 Å². The molecule has 0 aliphatic heterocycles. The van der Waals surface area contributed by atoms with E-state index in [2.05, 4.69) is 23.4 Å². The van der Waals surface area contributed by atoms with Gasteiger partial charge in [0.15, 0.2) is 0 Å². The molecule has 0 aliphatic rings. The second-order valence-electron chi connectivity index (χ2n) is 4.69. The molecule has 2 aromatic rings. The molecule has 3 nitrogen and oxygen atoms in total. The highest BCUT2D eigenvalue weighted by Gasteiger charge is 2.04. The van der Waals surface area contributed by atoms with Gasteiger partial charge in [-0.15, -0.1) is 6.42 Å². The van der Waals surface area contributed by atoms with Gasteiger partial charge >= 0.3 is 0 Å². The predicted octanol–water partition coefficient (Wildman–Crippen LogP) is 2.32. The standard InChI is InChI=1S/C18H19NO2/c1-2-12-19-13-17(20)14-21-18-10-8-16(9-11-18)15-6-4-3-5-7-15/h1,3-11,17,19-20H,12-14H2/t17-/m1/s1. The molecule has 108 valence electrons. The monoisotopic (exact) mass is 281 g/mol. The Morgan fingerprint density at radius 1 is 1.05 bits per heavy atom. The summed E-state index contributed by atoms with van der Waals surface area (Å²) >= 11 is 0. The molecule has 2 N–H and O–H groups in total. The second-order valence-corrected chi connectivity index (χ2v) is 4.69. The Morgan fingerprint density at radius 2 is 1.71 bits per heavy atom. The van der Waals surface area contributed by atoms with E-state index >= 15 is 0 Å². The first-order chi connectivity index (χ1) is 10.3. The summed E-state index contributed by atoms with van der Waals surface area (Å²) < 4.78 is 5.55. The van der Waals surface area contributed by atoms with Gasteiger partial charge in [0.1, 0.15) is 18.5 Å². The van der Waals surface area contributed by atoms with Gasteiger partial charge < -0.3 is 15.2 Å². The number of benzene rings is 2. The molecule has 0 heterocycles. The fourth-order valence-corrected chi connectivity index (χ4v) is 1.94. The minimum Gasteiger partial charge on any atom is -0.491 e. The molecule has 0 aromatic heterocycles. The highest BCUT2D eigenvalue weighted by atomic mass is 16.5. The van der Waals surface area contributed by atoms with Crippen LogP contribution in [0.4, 0.5) is 0 Å². The molecule has 2 rings (SSSR count). The average molecular weight is 281 g/mol. The number of ether oxygens (including phenoxy) is 1. The van der Waals surface area contributed by atoms with E-state index in [-0.39, 0.29) is 6.61 Å². The van der Waals surface area contributed by atoms with Crippen LogP contribution in [0.15, 0.2) is 54.6 Å². The average Bonchev–Trinajstić information content (AvgIpc) is 2.54. The number of hydrogen-bond acceptors (Lipinski definition) is 3. The summed E-state index contributed by atoms with van der Waals surface area (Å²) in [7, 11) is 0. The van der Waals surface area contributed by atoms with Crippen molar-refractivity contribution in [1.82, 2.24) is 5.32 Å². The first-order valence-corrected chi connectivity index (χ1v) is 6.90. The maximum absolute atomic E-state index is 9.71. The van der Waals surface area contributed by atoms with Gasteiger partial charge in [0.2, 0.25) is 0 Å². The number of aliphatic hydroxyl groups is 1. The number of terminal acetylenes is 1. The molecule has 1 atom stereocenters. The smallest absolute Gasteiger partial charge is 0.119 e. The molecule has 0 fully saturated rings. The highest BCUT2D eigenvalue weighted by molar-refractivity contribution is 5.63. The highest BCUT2D eigenvalue weighted by Crippen LogP contribution is 2.22. The van der Waals surface area contributed by atoms with Crippen LogP contribution in [0, 0.1) is 12.3 Å². The summed E-state index contributed by atoms with van der Waals surface area (Å²) in [6, 6.07) is 18.0. The first-order valence-electron chi connectivity index (χ1n) is 6.90. The van der Waals surface area contributed by atoms with Gasteiger partial charge in [-0.3, -0.25) is 0 Å². The summed E-state index contributed by atoms with van der Waals surface area (Å²) in [5.41, 5.74) is 2.31. The minimum atomic E-state index is -0.577. The van der Waals surface area contributed by atoms with Crippen molar-refractivity contribution in [2.75, 3.05) is 19.7 Å². The Kier molecular flexibility index (Phi) is 5.83. The first kappa shape index (κ1) is 15.1. The fourth-order valence-electron chi connectivity index (χ4n) is 1.94. The Bertz CT molecular complexity index is 572. The molecule has 0 amide bonds. The van der Waals surface area contributed by atoms with E-state index in [4.69, 9.17) is 11.2 Å². The Hall–Kier alpha value is -2.28. The van der Waals surface area contributed by atoms with Crippen LogP contribution in [0.25, 0.3) is 11.1 Å². The van der Waals surface area contributed by atoms with Gasteiger partial charge in [-0.1, -0.05) is 48.4 Å². The number of aliphatic hydroxyl groups excluding tert-OH is 1. The fraction of sp³-hybridized carbons (Fsp3) is 0.222. The van der Waals surface area contributed by atoms with Crippen LogP contribution in [-0.2, 0) is 0 Å². The maximum Gasteiger partial charge on any atom is 0.119 e. The third-order valence-corrected chi connectivity index (χ3v) is 3.01.